The number of nitrogens with one attached hydrogen (secondary N) is 1. The number of para-hydroxylation sites is 1. The standard InChI is InChI=1S/C17H21BrN2O/c18-16-9-2-3-10-17(16)21-13-7-1-5-11-19-14-15-8-4-6-12-20-15/h2-4,6,8-10,12,19H,1,5,7,11,13-14H2. The van der Waals surface area contributed by atoms with Gasteiger partial charge in [-0.15, -0.1) is 0 Å². The van der Waals surface area contributed by atoms with E-state index in [1.54, 1.807) is 0 Å². The zero-order chi connectivity index (χ0) is 14.8. The number of aromatic nitrogens is 1. The first kappa shape index (κ1) is 16.0. The van der Waals surface area contributed by atoms with Gasteiger partial charge in [0, 0.05) is 12.7 Å². The molecule has 2 aromatic rings. The van der Waals surface area contributed by atoms with Crippen LogP contribution in [0, 0.1) is 0 Å². The monoisotopic (exact) mass is 348 g/mol. The van der Waals surface area contributed by atoms with Crippen molar-refractivity contribution < 1.29 is 4.74 Å². The lowest BCUT2D eigenvalue weighted by atomic mass is 10.2. The minimum atomic E-state index is 0.767. The van der Waals surface area contributed by atoms with Gasteiger partial charge in [-0.1, -0.05) is 18.2 Å². The maximum atomic E-state index is 5.74. The molecule has 3 nitrogen and oxygen atoms in total. The second-order valence-electron chi connectivity index (χ2n) is 4.84. The number of ether oxygens (including phenoxy) is 1. The lowest BCUT2D eigenvalue weighted by Gasteiger charge is -2.08. The van der Waals surface area contributed by atoms with Crippen LogP contribution in [0.3, 0.4) is 0 Å². The summed E-state index contributed by atoms with van der Waals surface area (Å²) in [5, 5.41) is 3.41. The van der Waals surface area contributed by atoms with E-state index in [0.717, 1.165) is 48.5 Å². The zero-order valence-corrected chi connectivity index (χ0v) is 13.7. The van der Waals surface area contributed by atoms with Crippen LogP contribution in [0.15, 0.2) is 53.1 Å². The van der Waals surface area contributed by atoms with Crippen molar-refractivity contribution in [2.45, 2.75) is 25.8 Å². The number of pyridine rings is 1. The van der Waals surface area contributed by atoms with Gasteiger partial charge in [0.1, 0.15) is 5.75 Å². The molecule has 2 rings (SSSR count). The smallest absolute Gasteiger partial charge is 0.133 e. The number of hydrogen-bond acceptors (Lipinski definition) is 3. The molecule has 0 atom stereocenters. The summed E-state index contributed by atoms with van der Waals surface area (Å²) >= 11 is 3.48. The van der Waals surface area contributed by atoms with E-state index in [1.807, 2.05) is 48.7 Å². The number of hydrogen-bond donors (Lipinski definition) is 1. The molecular weight excluding hydrogens is 328 g/mol. The number of unbranched alkanes of at least 4 members (excludes halogenated alkanes) is 2. The van der Waals surface area contributed by atoms with Gasteiger partial charge in [-0.25, -0.2) is 0 Å². The van der Waals surface area contributed by atoms with E-state index in [0.29, 0.717) is 0 Å². The molecule has 0 aliphatic heterocycles. The maximum Gasteiger partial charge on any atom is 0.133 e. The Morgan fingerprint density at radius 3 is 2.67 bits per heavy atom. The summed E-state index contributed by atoms with van der Waals surface area (Å²) in [4.78, 5) is 4.28. The maximum absolute atomic E-state index is 5.74. The molecule has 0 saturated carbocycles. The van der Waals surface area contributed by atoms with Gasteiger partial charge in [0.25, 0.3) is 0 Å². The van der Waals surface area contributed by atoms with E-state index in [2.05, 4.69) is 26.2 Å². The molecule has 1 aromatic carbocycles. The Bertz CT molecular complexity index is 519. The van der Waals surface area contributed by atoms with Crippen LogP contribution < -0.4 is 10.1 Å². The molecule has 112 valence electrons. The Morgan fingerprint density at radius 2 is 1.86 bits per heavy atom. The molecule has 0 bridgehead atoms. The second-order valence-corrected chi connectivity index (χ2v) is 5.69. The molecule has 0 spiro atoms. The summed E-state index contributed by atoms with van der Waals surface area (Å²) in [5.41, 5.74) is 1.09. The molecule has 4 heteroatoms. The van der Waals surface area contributed by atoms with E-state index in [-0.39, 0.29) is 0 Å². The van der Waals surface area contributed by atoms with Gasteiger partial charge in [-0.05, 0) is 66.0 Å². The van der Waals surface area contributed by atoms with Crippen LogP contribution >= 0.6 is 15.9 Å². The molecule has 1 aromatic heterocycles. The van der Waals surface area contributed by atoms with E-state index >= 15 is 0 Å². The van der Waals surface area contributed by atoms with E-state index < -0.39 is 0 Å². The molecule has 0 saturated heterocycles. The summed E-state index contributed by atoms with van der Waals surface area (Å²) in [5.74, 6) is 0.922. The van der Waals surface area contributed by atoms with Crippen LogP contribution in [0.4, 0.5) is 0 Å². The molecule has 0 aliphatic carbocycles. The topological polar surface area (TPSA) is 34.1 Å². The first-order valence-corrected chi connectivity index (χ1v) is 8.13. The van der Waals surface area contributed by atoms with Crippen molar-refractivity contribution in [3.8, 4) is 5.75 Å². The zero-order valence-electron chi connectivity index (χ0n) is 12.1. The second kappa shape index (κ2) is 9.53. The van der Waals surface area contributed by atoms with E-state index in [4.69, 9.17) is 4.74 Å². The third kappa shape index (κ3) is 6.27. The van der Waals surface area contributed by atoms with Gasteiger partial charge in [0.15, 0.2) is 0 Å². The minimum Gasteiger partial charge on any atom is -0.492 e. The molecular formula is C17H21BrN2O. The molecule has 21 heavy (non-hydrogen) atoms. The Morgan fingerprint density at radius 1 is 1.00 bits per heavy atom. The predicted molar refractivity (Wildman–Crippen MR) is 89.4 cm³/mol. The van der Waals surface area contributed by atoms with Crippen molar-refractivity contribution in [3.05, 3.63) is 58.8 Å². The first-order chi connectivity index (χ1) is 10.4. The van der Waals surface area contributed by atoms with Gasteiger partial charge >= 0.3 is 0 Å². The van der Waals surface area contributed by atoms with Crippen molar-refractivity contribution in [3.63, 3.8) is 0 Å². The fourth-order valence-corrected chi connectivity index (χ4v) is 2.39. The lowest BCUT2D eigenvalue weighted by Crippen LogP contribution is -2.15. The van der Waals surface area contributed by atoms with Crippen molar-refractivity contribution in [1.29, 1.82) is 0 Å². The molecule has 0 aliphatic rings. The largest absolute Gasteiger partial charge is 0.492 e. The van der Waals surface area contributed by atoms with Crippen molar-refractivity contribution in [2.24, 2.45) is 0 Å². The highest BCUT2D eigenvalue weighted by Gasteiger charge is 1.98. The third-order valence-corrected chi connectivity index (χ3v) is 3.78. The van der Waals surface area contributed by atoms with Crippen molar-refractivity contribution >= 4 is 15.9 Å². The number of halogens is 1. The molecule has 0 amide bonds. The average Bonchev–Trinajstić information content (AvgIpc) is 2.52. The highest BCUT2D eigenvalue weighted by atomic mass is 79.9. The average molecular weight is 349 g/mol. The van der Waals surface area contributed by atoms with Crippen LogP contribution in [0.2, 0.25) is 0 Å². The summed E-state index contributed by atoms with van der Waals surface area (Å²) in [6, 6.07) is 14.0. The van der Waals surface area contributed by atoms with Gasteiger partial charge in [-0.3, -0.25) is 4.98 Å². The van der Waals surface area contributed by atoms with Crippen LogP contribution in [0.5, 0.6) is 5.75 Å². The third-order valence-electron chi connectivity index (χ3n) is 3.12. The predicted octanol–water partition coefficient (Wildman–Crippen LogP) is 4.18. The first-order valence-electron chi connectivity index (χ1n) is 7.34. The molecule has 0 radical (unpaired) electrons. The quantitative estimate of drug-likeness (QED) is 0.690. The van der Waals surface area contributed by atoms with E-state index in [9.17, 15) is 0 Å². The highest BCUT2D eigenvalue weighted by molar-refractivity contribution is 9.10. The Balaban J connectivity index is 1.48. The molecule has 1 heterocycles. The summed E-state index contributed by atoms with van der Waals surface area (Å²) < 4.78 is 6.75. The van der Waals surface area contributed by atoms with Gasteiger partial charge < -0.3 is 10.1 Å². The van der Waals surface area contributed by atoms with Crippen LogP contribution in [-0.2, 0) is 6.54 Å². The van der Waals surface area contributed by atoms with Gasteiger partial charge in [0.2, 0.25) is 0 Å². The fraction of sp³-hybridized carbons (Fsp3) is 0.353. The Hall–Kier alpha value is -1.39. The highest BCUT2D eigenvalue weighted by Crippen LogP contribution is 2.23. The van der Waals surface area contributed by atoms with Crippen LogP contribution in [0.1, 0.15) is 25.0 Å². The fourth-order valence-electron chi connectivity index (χ4n) is 1.99. The Kier molecular flexibility index (Phi) is 7.25. The molecule has 1 N–H and O–H groups in total. The molecule has 0 fully saturated rings. The van der Waals surface area contributed by atoms with Crippen molar-refractivity contribution in [1.82, 2.24) is 10.3 Å². The van der Waals surface area contributed by atoms with Crippen molar-refractivity contribution in [2.75, 3.05) is 13.2 Å². The summed E-state index contributed by atoms with van der Waals surface area (Å²) in [7, 11) is 0. The Labute approximate surface area is 134 Å². The van der Waals surface area contributed by atoms with Crippen LogP contribution in [0.25, 0.3) is 0 Å². The van der Waals surface area contributed by atoms with Gasteiger partial charge in [0.05, 0.1) is 16.8 Å². The number of benzene rings is 1. The van der Waals surface area contributed by atoms with Crippen LogP contribution in [-0.4, -0.2) is 18.1 Å². The number of nitrogens with zero attached hydrogens (tertiary/aromatic N) is 1. The SMILES string of the molecule is Brc1ccccc1OCCCCCNCc1ccccn1. The van der Waals surface area contributed by atoms with Gasteiger partial charge in [-0.2, -0.15) is 0 Å². The summed E-state index contributed by atoms with van der Waals surface area (Å²) in [6.07, 6.45) is 5.23. The van der Waals surface area contributed by atoms with E-state index in [1.165, 1.54) is 6.42 Å². The summed E-state index contributed by atoms with van der Waals surface area (Å²) in [6.45, 7) is 2.63. The normalized spacial score (nSPS) is 10.5. The minimum absolute atomic E-state index is 0.767. The number of rotatable bonds is 9. The lowest BCUT2D eigenvalue weighted by molar-refractivity contribution is 0.303. The molecule has 0 unspecified atom stereocenters.